The van der Waals surface area contributed by atoms with Crippen molar-refractivity contribution < 1.29 is 4.79 Å². The van der Waals surface area contributed by atoms with E-state index < -0.39 is 5.54 Å². The number of rotatable bonds is 7. The fourth-order valence-corrected chi connectivity index (χ4v) is 2.85. The molecule has 0 aliphatic heterocycles. The van der Waals surface area contributed by atoms with E-state index in [1.165, 1.54) is 0 Å². The average molecular weight is 263 g/mol. The molecule has 0 bridgehead atoms. The van der Waals surface area contributed by atoms with E-state index in [2.05, 4.69) is 37.6 Å². The molecule has 1 aromatic heterocycles. The predicted molar refractivity (Wildman–Crippen MR) is 79.2 cm³/mol. The fraction of sp³-hybridized carbons (Fsp3) is 0.600. The lowest BCUT2D eigenvalue weighted by atomic mass is 9.82. The van der Waals surface area contributed by atoms with Crippen molar-refractivity contribution in [1.29, 1.82) is 0 Å². The number of carbonyl (C=O) groups is 1. The molecule has 0 saturated heterocycles. The number of anilines is 1. The Balaban J connectivity index is 3.26. The minimum atomic E-state index is -0.472. The summed E-state index contributed by atoms with van der Waals surface area (Å²) in [5.74, 6) is 0.415. The summed E-state index contributed by atoms with van der Waals surface area (Å²) in [6, 6.07) is 3.54. The molecule has 1 aromatic rings. The molecule has 0 saturated carbocycles. The average Bonchev–Trinajstić information content (AvgIpc) is 2.44. The topological polar surface area (TPSA) is 59.2 Å². The molecule has 0 spiro atoms. The van der Waals surface area contributed by atoms with Crippen LogP contribution in [0.25, 0.3) is 0 Å². The Kier molecular flexibility index (Phi) is 5.48. The second-order valence-electron chi connectivity index (χ2n) is 4.68. The van der Waals surface area contributed by atoms with Gasteiger partial charge < -0.3 is 5.73 Å². The van der Waals surface area contributed by atoms with Crippen LogP contribution in [-0.2, 0) is 0 Å². The summed E-state index contributed by atoms with van der Waals surface area (Å²) in [6.07, 6.45) is 3.17. The second-order valence-corrected chi connectivity index (χ2v) is 4.68. The van der Waals surface area contributed by atoms with Crippen LogP contribution in [0.3, 0.4) is 0 Å². The molecule has 0 radical (unpaired) electrons. The molecule has 2 N–H and O–H groups in total. The molecule has 0 fully saturated rings. The van der Waals surface area contributed by atoms with Gasteiger partial charge in [0.05, 0.1) is 11.1 Å². The number of hydrogen-bond acceptors (Lipinski definition) is 4. The van der Waals surface area contributed by atoms with Gasteiger partial charge in [-0.15, -0.1) is 0 Å². The molecule has 0 amide bonds. The highest BCUT2D eigenvalue weighted by atomic mass is 16.1. The van der Waals surface area contributed by atoms with E-state index >= 15 is 0 Å². The molecule has 0 aromatic carbocycles. The number of nitrogen functional groups attached to an aromatic ring is 1. The molecule has 19 heavy (non-hydrogen) atoms. The number of ketones is 1. The first kappa shape index (κ1) is 15.6. The van der Waals surface area contributed by atoms with Crippen molar-refractivity contribution in [3.63, 3.8) is 0 Å². The third-order valence-electron chi connectivity index (χ3n) is 4.04. The summed E-state index contributed by atoms with van der Waals surface area (Å²) in [6.45, 7) is 10.00. The highest BCUT2D eigenvalue weighted by Gasteiger charge is 2.40. The predicted octanol–water partition coefficient (Wildman–Crippen LogP) is 2.75. The number of nitrogens with zero attached hydrogens (tertiary/aromatic N) is 2. The van der Waals surface area contributed by atoms with Crippen molar-refractivity contribution >= 4 is 11.6 Å². The molecule has 4 heteroatoms. The first-order chi connectivity index (χ1) is 9.07. The Labute approximate surface area is 116 Å². The third-order valence-corrected chi connectivity index (χ3v) is 4.04. The molecule has 1 rings (SSSR count). The Morgan fingerprint density at radius 3 is 2.26 bits per heavy atom. The summed E-state index contributed by atoms with van der Waals surface area (Å²) < 4.78 is 0. The molecule has 4 nitrogen and oxygen atoms in total. The minimum absolute atomic E-state index is 0.0896. The van der Waals surface area contributed by atoms with Crippen molar-refractivity contribution in [2.45, 2.75) is 46.1 Å². The van der Waals surface area contributed by atoms with Gasteiger partial charge in [-0.3, -0.25) is 9.69 Å². The summed E-state index contributed by atoms with van der Waals surface area (Å²) in [4.78, 5) is 19.2. The number of likely N-dealkylation sites (N-methyl/N-ethyl adjacent to an activating group) is 1. The zero-order valence-electron chi connectivity index (χ0n) is 12.4. The van der Waals surface area contributed by atoms with Crippen molar-refractivity contribution in [2.24, 2.45) is 0 Å². The monoisotopic (exact) mass is 263 g/mol. The van der Waals surface area contributed by atoms with Crippen LogP contribution in [0.2, 0.25) is 0 Å². The van der Waals surface area contributed by atoms with E-state index in [1.54, 1.807) is 18.3 Å². The summed E-state index contributed by atoms with van der Waals surface area (Å²) in [5, 5.41) is 0. The highest BCUT2D eigenvalue weighted by molar-refractivity contribution is 6.06. The van der Waals surface area contributed by atoms with E-state index in [-0.39, 0.29) is 5.78 Å². The van der Waals surface area contributed by atoms with Crippen LogP contribution in [0.4, 0.5) is 5.82 Å². The lowest BCUT2D eigenvalue weighted by molar-refractivity contribution is 0.0535. The number of carbonyl (C=O) groups excluding carboxylic acids is 1. The molecule has 0 aliphatic rings. The van der Waals surface area contributed by atoms with E-state index in [0.29, 0.717) is 11.4 Å². The Bertz CT molecular complexity index is 423. The van der Waals surface area contributed by atoms with Crippen molar-refractivity contribution in [3.05, 3.63) is 23.9 Å². The van der Waals surface area contributed by atoms with Gasteiger partial charge in [-0.05, 0) is 38.1 Å². The molecular formula is C15H25N3O. The minimum Gasteiger partial charge on any atom is -0.383 e. The van der Waals surface area contributed by atoms with Gasteiger partial charge in [0.25, 0.3) is 0 Å². The maximum absolute atomic E-state index is 12.9. The Morgan fingerprint density at radius 2 is 1.84 bits per heavy atom. The van der Waals surface area contributed by atoms with Gasteiger partial charge in [-0.2, -0.15) is 0 Å². The molecule has 1 heterocycles. The maximum Gasteiger partial charge on any atom is 0.186 e. The van der Waals surface area contributed by atoms with E-state index in [1.807, 2.05) is 0 Å². The third kappa shape index (κ3) is 2.78. The van der Waals surface area contributed by atoms with Gasteiger partial charge in [0.15, 0.2) is 5.78 Å². The number of Topliss-reactive ketones (excluding diaryl/α,β-unsaturated/α-hetero) is 1. The highest BCUT2D eigenvalue weighted by Crippen LogP contribution is 2.29. The first-order valence-corrected chi connectivity index (χ1v) is 7.07. The van der Waals surface area contributed by atoms with Gasteiger partial charge in [-0.1, -0.05) is 27.7 Å². The molecular weight excluding hydrogens is 238 g/mol. The Hall–Kier alpha value is -1.42. The van der Waals surface area contributed by atoms with Crippen LogP contribution < -0.4 is 5.73 Å². The SMILES string of the molecule is CCN(CC)C(CC)(CC)C(=O)c1cccnc1N. The second kappa shape index (κ2) is 6.66. The van der Waals surface area contributed by atoms with Gasteiger partial charge >= 0.3 is 0 Å². The zero-order chi connectivity index (χ0) is 14.5. The van der Waals surface area contributed by atoms with Crippen LogP contribution in [-0.4, -0.2) is 34.3 Å². The smallest absolute Gasteiger partial charge is 0.186 e. The van der Waals surface area contributed by atoms with Gasteiger partial charge in [0, 0.05) is 6.20 Å². The summed E-state index contributed by atoms with van der Waals surface area (Å²) >= 11 is 0. The lowest BCUT2D eigenvalue weighted by Crippen LogP contribution is -2.54. The lowest BCUT2D eigenvalue weighted by Gasteiger charge is -2.41. The first-order valence-electron chi connectivity index (χ1n) is 7.07. The largest absolute Gasteiger partial charge is 0.383 e. The number of nitrogens with two attached hydrogens (primary N) is 1. The molecule has 0 unspecified atom stereocenters. The van der Waals surface area contributed by atoms with Crippen LogP contribution >= 0.6 is 0 Å². The normalized spacial score (nSPS) is 11.8. The van der Waals surface area contributed by atoms with Crippen LogP contribution in [0.1, 0.15) is 50.9 Å². The van der Waals surface area contributed by atoms with Crippen LogP contribution in [0.15, 0.2) is 18.3 Å². The number of pyridine rings is 1. The zero-order valence-corrected chi connectivity index (χ0v) is 12.4. The van der Waals surface area contributed by atoms with E-state index in [0.717, 1.165) is 25.9 Å². The quantitative estimate of drug-likeness (QED) is 0.768. The summed E-state index contributed by atoms with van der Waals surface area (Å²) in [5.41, 5.74) is 5.93. The molecule has 0 aliphatic carbocycles. The van der Waals surface area contributed by atoms with E-state index in [4.69, 9.17) is 5.73 Å². The van der Waals surface area contributed by atoms with Gasteiger partial charge in [-0.25, -0.2) is 4.98 Å². The number of aromatic nitrogens is 1. The Morgan fingerprint density at radius 1 is 1.26 bits per heavy atom. The van der Waals surface area contributed by atoms with Gasteiger partial charge in [0.1, 0.15) is 5.82 Å². The molecule has 106 valence electrons. The van der Waals surface area contributed by atoms with Crippen LogP contribution in [0, 0.1) is 0 Å². The van der Waals surface area contributed by atoms with E-state index in [9.17, 15) is 4.79 Å². The fourth-order valence-electron chi connectivity index (χ4n) is 2.85. The standard InChI is InChI=1S/C15H25N3O/c1-5-15(6-2,18(7-3)8-4)13(19)12-10-9-11-17-14(12)16/h9-11H,5-8H2,1-4H3,(H2,16,17). The maximum atomic E-state index is 12.9. The summed E-state index contributed by atoms with van der Waals surface area (Å²) in [7, 11) is 0. The van der Waals surface area contributed by atoms with Crippen LogP contribution in [0.5, 0.6) is 0 Å². The van der Waals surface area contributed by atoms with Crippen molar-refractivity contribution in [3.8, 4) is 0 Å². The van der Waals surface area contributed by atoms with Gasteiger partial charge in [0.2, 0.25) is 0 Å². The number of hydrogen-bond donors (Lipinski definition) is 1. The van der Waals surface area contributed by atoms with Crippen molar-refractivity contribution in [2.75, 3.05) is 18.8 Å². The van der Waals surface area contributed by atoms with Crippen molar-refractivity contribution in [1.82, 2.24) is 9.88 Å². The molecule has 0 atom stereocenters.